The first kappa shape index (κ1) is 19.1. The van der Waals surface area contributed by atoms with Crippen molar-refractivity contribution in [1.82, 2.24) is 5.32 Å². The van der Waals surface area contributed by atoms with Crippen molar-refractivity contribution in [3.05, 3.63) is 107 Å². The van der Waals surface area contributed by atoms with Crippen LogP contribution in [0.1, 0.15) is 17.2 Å². The summed E-state index contributed by atoms with van der Waals surface area (Å²) in [4.78, 5) is 20.5. The summed E-state index contributed by atoms with van der Waals surface area (Å²) in [5.41, 5.74) is 5.31. The zero-order valence-corrected chi connectivity index (χ0v) is 17.3. The van der Waals surface area contributed by atoms with Crippen molar-refractivity contribution < 1.29 is 9.53 Å². The molecule has 0 fully saturated rings. The Morgan fingerprint density at radius 2 is 1.61 bits per heavy atom. The zero-order valence-electron chi connectivity index (χ0n) is 17.3. The second-order valence-electron chi connectivity index (χ2n) is 7.50. The summed E-state index contributed by atoms with van der Waals surface area (Å²) in [5, 5.41) is 3.36. The molecule has 5 nitrogen and oxygen atoms in total. The minimum atomic E-state index is -0.276. The Balaban J connectivity index is 1.69. The van der Waals surface area contributed by atoms with Crippen LogP contribution < -0.4 is 15.0 Å². The highest BCUT2D eigenvalue weighted by molar-refractivity contribution is 6.23. The number of rotatable bonds is 4. The van der Waals surface area contributed by atoms with E-state index >= 15 is 0 Å². The third-order valence-corrected chi connectivity index (χ3v) is 5.69. The van der Waals surface area contributed by atoms with E-state index in [-0.39, 0.29) is 11.9 Å². The first-order valence-corrected chi connectivity index (χ1v) is 10.4. The van der Waals surface area contributed by atoms with Gasteiger partial charge in [-0.2, -0.15) is 0 Å². The predicted molar refractivity (Wildman–Crippen MR) is 123 cm³/mol. The molecule has 0 spiro atoms. The fourth-order valence-corrected chi connectivity index (χ4v) is 4.27. The summed E-state index contributed by atoms with van der Waals surface area (Å²) < 4.78 is 5.31. The lowest BCUT2D eigenvalue weighted by atomic mass is 9.91. The van der Waals surface area contributed by atoms with Crippen molar-refractivity contribution in [2.75, 3.05) is 25.1 Å². The second-order valence-corrected chi connectivity index (χ2v) is 7.50. The molecule has 1 amide bonds. The van der Waals surface area contributed by atoms with Crippen molar-refractivity contribution in [2.24, 2.45) is 4.99 Å². The minimum absolute atomic E-state index is 0.0421. The quantitative estimate of drug-likeness (QED) is 0.705. The van der Waals surface area contributed by atoms with Gasteiger partial charge in [-0.3, -0.25) is 14.7 Å². The number of hydrogen-bond acceptors (Lipinski definition) is 4. The molecule has 2 aliphatic heterocycles. The molecule has 5 rings (SSSR count). The van der Waals surface area contributed by atoms with Gasteiger partial charge in [0.15, 0.2) is 0 Å². The van der Waals surface area contributed by atoms with Crippen LogP contribution in [0.2, 0.25) is 0 Å². The average Bonchev–Trinajstić information content (AvgIpc) is 2.97. The van der Waals surface area contributed by atoms with E-state index in [1.54, 1.807) is 7.11 Å². The van der Waals surface area contributed by atoms with Crippen molar-refractivity contribution in [3.8, 4) is 5.75 Å². The molecule has 0 saturated heterocycles. The minimum Gasteiger partial charge on any atom is -0.497 e. The molecule has 1 N–H and O–H groups in total. The van der Waals surface area contributed by atoms with Crippen LogP contribution in [0.25, 0.3) is 0 Å². The van der Waals surface area contributed by atoms with Gasteiger partial charge in [0.1, 0.15) is 11.4 Å². The standard InChI is InChI=1S/C26H23N3O2/c1-31-21-14-12-20(13-15-21)29-25(19-10-6-3-7-11-19)22-23(18-8-4-2-5-9-18)27-16-17-28-24(22)26(29)30/h2-15,25,28H,16-17H2,1H3. The molecule has 5 heteroatoms. The third kappa shape index (κ3) is 3.38. The lowest BCUT2D eigenvalue weighted by molar-refractivity contribution is -0.115. The van der Waals surface area contributed by atoms with Gasteiger partial charge in [-0.1, -0.05) is 60.7 Å². The molecule has 0 radical (unpaired) electrons. The maximum Gasteiger partial charge on any atom is 0.275 e. The molecule has 31 heavy (non-hydrogen) atoms. The van der Waals surface area contributed by atoms with Crippen LogP contribution in [0.4, 0.5) is 5.69 Å². The predicted octanol–water partition coefficient (Wildman–Crippen LogP) is 4.13. The van der Waals surface area contributed by atoms with Crippen molar-refractivity contribution >= 4 is 17.3 Å². The van der Waals surface area contributed by atoms with Gasteiger partial charge in [-0.25, -0.2) is 0 Å². The Morgan fingerprint density at radius 1 is 0.935 bits per heavy atom. The van der Waals surface area contributed by atoms with E-state index in [1.807, 2.05) is 65.6 Å². The molecule has 154 valence electrons. The summed E-state index contributed by atoms with van der Waals surface area (Å²) in [6.07, 6.45) is 0. The number of methoxy groups -OCH3 is 1. The number of carbonyl (C=O) groups is 1. The molecule has 2 heterocycles. The van der Waals surface area contributed by atoms with E-state index in [0.29, 0.717) is 18.8 Å². The number of ether oxygens (including phenoxy) is 1. The lowest BCUT2D eigenvalue weighted by Gasteiger charge is -2.28. The van der Waals surface area contributed by atoms with E-state index in [2.05, 4.69) is 29.6 Å². The largest absolute Gasteiger partial charge is 0.497 e. The summed E-state index contributed by atoms with van der Waals surface area (Å²) in [6.45, 7) is 1.24. The number of carbonyl (C=O) groups excluding carboxylic acids is 1. The van der Waals surface area contributed by atoms with Crippen LogP contribution in [-0.2, 0) is 4.79 Å². The van der Waals surface area contributed by atoms with Crippen LogP contribution in [0.15, 0.2) is 101 Å². The summed E-state index contributed by atoms with van der Waals surface area (Å²) in [5.74, 6) is 0.713. The molecular formula is C26H23N3O2. The van der Waals surface area contributed by atoms with E-state index in [0.717, 1.165) is 33.8 Å². The van der Waals surface area contributed by atoms with Gasteiger partial charge in [0.05, 0.1) is 25.4 Å². The van der Waals surface area contributed by atoms with E-state index in [4.69, 9.17) is 9.73 Å². The van der Waals surface area contributed by atoms with Gasteiger partial charge in [-0.05, 0) is 29.8 Å². The highest BCUT2D eigenvalue weighted by Gasteiger charge is 2.43. The molecule has 3 aromatic rings. The molecular weight excluding hydrogens is 386 g/mol. The fraction of sp³-hybridized carbons (Fsp3) is 0.154. The molecule has 1 unspecified atom stereocenters. The monoisotopic (exact) mass is 409 g/mol. The van der Waals surface area contributed by atoms with Crippen LogP contribution in [0.5, 0.6) is 5.75 Å². The number of aliphatic imine (C=N–C) groups is 1. The van der Waals surface area contributed by atoms with Crippen LogP contribution in [0, 0.1) is 0 Å². The first-order valence-electron chi connectivity index (χ1n) is 10.4. The molecule has 2 aliphatic rings. The number of anilines is 1. The molecule has 0 aromatic heterocycles. The number of benzene rings is 3. The van der Waals surface area contributed by atoms with Crippen LogP contribution in [0.3, 0.4) is 0 Å². The highest BCUT2D eigenvalue weighted by atomic mass is 16.5. The van der Waals surface area contributed by atoms with Gasteiger partial charge in [0.2, 0.25) is 0 Å². The Labute approximate surface area is 181 Å². The Kier molecular flexibility index (Phi) is 5.00. The average molecular weight is 409 g/mol. The second kappa shape index (κ2) is 8.11. The van der Waals surface area contributed by atoms with Gasteiger partial charge >= 0.3 is 0 Å². The van der Waals surface area contributed by atoms with E-state index in [1.165, 1.54) is 0 Å². The summed E-state index contributed by atoms with van der Waals surface area (Å²) in [7, 11) is 1.64. The number of hydrogen-bond donors (Lipinski definition) is 1. The van der Waals surface area contributed by atoms with Gasteiger partial charge < -0.3 is 10.1 Å². The SMILES string of the molecule is COc1ccc(N2C(=O)C3=C(C(c4ccccc4)=NCCN3)C2c2ccccc2)cc1. The van der Waals surface area contributed by atoms with Gasteiger partial charge in [-0.15, -0.1) is 0 Å². The zero-order chi connectivity index (χ0) is 21.2. The Bertz CT molecular complexity index is 1150. The van der Waals surface area contributed by atoms with E-state index < -0.39 is 0 Å². The smallest absolute Gasteiger partial charge is 0.275 e. The molecule has 1 atom stereocenters. The van der Waals surface area contributed by atoms with Crippen LogP contribution in [-0.4, -0.2) is 31.8 Å². The lowest BCUT2D eigenvalue weighted by Crippen LogP contribution is -2.33. The topological polar surface area (TPSA) is 53.9 Å². The van der Waals surface area contributed by atoms with Crippen molar-refractivity contribution in [1.29, 1.82) is 0 Å². The maximum atomic E-state index is 13.7. The van der Waals surface area contributed by atoms with Gasteiger partial charge in [0.25, 0.3) is 5.91 Å². The molecule has 0 bridgehead atoms. The third-order valence-electron chi connectivity index (χ3n) is 5.69. The summed E-state index contributed by atoms with van der Waals surface area (Å²) in [6, 6.07) is 27.6. The first-order chi connectivity index (χ1) is 15.3. The number of amides is 1. The molecule has 3 aromatic carbocycles. The molecule has 0 saturated carbocycles. The number of nitrogens with zero attached hydrogens (tertiary/aromatic N) is 2. The highest BCUT2D eigenvalue weighted by Crippen LogP contribution is 2.42. The Hall–Kier alpha value is -3.86. The van der Waals surface area contributed by atoms with E-state index in [9.17, 15) is 4.79 Å². The van der Waals surface area contributed by atoms with Crippen LogP contribution >= 0.6 is 0 Å². The fourth-order valence-electron chi connectivity index (χ4n) is 4.27. The maximum absolute atomic E-state index is 13.7. The van der Waals surface area contributed by atoms with Gasteiger partial charge in [0, 0.05) is 23.4 Å². The summed E-state index contributed by atoms with van der Waals surface area (Å²) >= 11 is 0. The van der Waals surface area contributed by atoms with Crippen molar-refractivity contribution in [2.45, 2.75) is 6.04 Å². The number of nitrogens with one attached hydrogen (secondary N) is 1. The van der Waals surface area contributed by atoms with Crippen molar-refractivity contribution in [3.63, 3.8) is 0 Å². The molecule has 0 aliphatic carbocycles. The normalized spacial score (nSPS) is 18.2. The Morgan fingerprint density at radius 3 is 2.29 bits per heavy atom.